The number of hydrogen-bond donors (Lipinski definition) is 1. The van der Waals surface area contributed by atoms with Crippen LogP contribution in [0.2, 0.25) is 0 Å². The Kier molecular flexibility index (Phi) is 3.54. The predicted molar refractivity (Wildman–Crippen MR) is 74.3 cm³/mol. The van der Waals surface area contributed by atoms with Crippen LogP contribution in [0.3, 0.4) is 0 Å². The molecule has 0 radical (unpaired) electrons. The number of aromatic nitrogens is 1. The number of carbonyl (C=O) groups excluding carboxylic acids is 1. The van der Waals surface area contributed by atoms with E-state index in [9.17, 15) is 4.79 Å². The van der Waals surface area contributed by atoms with E-state index in [1.54, 1.807) is 12.4 Å². The van der Waals surface area contributed by atoms with Gasteiger partial charge in [0.2, 0.25) is 5.91 Å². The van der Waals surface area contributed by atoms with E-state index in [0.29, 0.717) is 5.92 Å². The lowest BCUT2D eigenvalue weighted by Gasteiger charge is -2.22. The molecule has 4 atom stereocenters. The lowest BCUT2D eigenvalue weighted by Crippen LogP contribution is -2.29. The van der Waals surface area contributed by atoms with Gasteiger partial charge in [-0.2, -0.15) is 0 Å². The second-order valence-electron chi connectivity index (χ2n) is 6.21. The first-order valence-electron chi connectivity index (χ1n) is 7.41. The fraction of sp³-hybridized carbons (Fsp3) is 0.625. The van der Waals surface area contributed by atoms with Gasteiger partial charge < -0.3 is 5.32 Å². The van der Waals surface area contributed by atoms with Crippen LogP contribution in [-0.2, 0) is 4.79 Å². The zero-order valence-corrected chi connectivity index (χ0v) is 11.5. The van der Waals surface area contributed by atoms with Crippen molar-refractivity contribution in [3.05, 3.63) is 30.1 Å². The molecular formula is C16H22N2O. The van der Waals surface area contributed by atoms with Crippen molar-refractivity contribution in [3.63, 3.8) is 0 Å². The number of pyridine rings is 1. The van der Waals surface area contributed by atoms with Gasteiger partial charge in [0.25, 0.3) is 0 Å². The Hall–Kier alpha value is -1.38. The molecule has 19 heavy (non-hydrogen) atoms. The molecule has 1 N–H and O–H groups in total. The van der Waals surface area contributed by atoms with E-state index < -0.39 is 0 Å². The minimum atomic E-state index is 0.0779. The van der Waals surface area contributed by atoms with Crippen LogP contribution in [0.1, 0.15) is 50.6 Å². The third kappa shape index (κ3) is 2.80. The summed E-state index contributed by atoms with van der Waals surface area (Å²) in [7, 11) is 0. The summed E-state index contributed by atoms with van der Waals surface area (Å²) in [6, 6.07) is 4.00. The first-order valence-corrected chi connectivity index (χ1v) is 7.41. The van der Waals surface area contributed by atoms with Crippen LogP contribution in [0.25, 0.3) is 0 Å². The van der Waals surface area contributed by atoms with Crippen LogP contribution >= 0.6 is 0 Å². The first-order chi connectivity index (χ1) is 9.22. The number of nitrogens with zero attached hydrogens (tertiary/aromatic N) is 1. The topological polar surface area (TPSA) is 42.0 Å². The van der Waals surface area contributed by atoms with E-state index in [0.717, 1.165) is 23.8 Å². The number of nitrogens with one attached hydrogen (secondary N) is 1. The summed E-state index contributed by atoms with van der Waals surface area (Å²) in [5.41, 5.74) is 1.12. The second-order valence-corrected chi connectivity index (χ2v) is 6.21. The van der Waals surface area contributed by atoms with Crippen LogP contribution in [0.5, 0.6) is 0 Å². The van der Waals surface area contributed by atoms with E-state index in [1.165, 1.54) is 25.7 Å². The molecule has 3 rings (SSSR count). The summed E-state index contributed by atoms with van der Waals surface area (Å²) in [5, 5.41) is 3.12. The molecule has 0 aromatic carbocycles. The fourth-order valence-electron chi connectivity index (χ4n) is 3.90. The highest BCUT2D eigenvalue weighted by Crippen LogP contribution is 2.49. The molecule has 3 heteroatoms. The quantitative estimate of drug-likeness (QED) is 0.901. The maximum Gasteiger partial charge on any atom is 0.220 e. The minimum Gasteiger partial charge on any atom is -0.350 e. The Morgan fingerprint density at radius 1 is 1.37 bits per heavy atom. The largest absolute Gasteiger partial charge is 0.350 e. The molecule has 0 aliphatic heterocycles. The third-order valence-electron chi connectivity index (χ3n) is 4.92. The van der Waals surface area contributed by atoms with Crippen LogP contribution in [0.15, 0.2) is 24.5 Å². The molecule has 2 bridgehead atoms. The number of fused-ring (bicyclic) bond motifs is 2. The molecule has 0 spiro atoms. The van der Waals surface area contributed by atoms with E-state index in [4.69, 9.17) is 0 Å². The monoisotopic (exact) mass is 258 g/mol. The smallest absolute Gasteiger partial charge is 0.220 e. The van der Waals surface area contributed by atoms with Gasteiger partial charge >= 0.3 is 0 Å². The average Bonchev–Trinajstić information content (AvgIpc) is 3.02. The van der Waals surface area contributed by atoms with Gasteiger partial charge in [-0.3, -0.25) is 9.78 Å². The molecule has 1 aromatic heterocycles. The highest BCUT2D eigenvalue weighted by molar-refractivity contribution is 5.76. The summed E-state index contributed by atoms with van der Waals surface area (Å²) in [6.45, 7) is 2.04. The lowest BCUT2D eigenvalue weighted by atomic mass is 9.86. The summed E-state index contributed by atoms with van der Waals surface area (Å²) in [4.78, 5) is 16.1. The maximum absolute atomic E-state index is 12.1. The molecule has 102 valence electrons. The van der Waals surface area contributed by atoms with Gasteiger partial charge in [-0.05, 0) is 61.6 Å². The Morgan fingerprint density at radius 3 is 2.79 bits per heavy atom. The number of hydrogen-bond acceptors (Lipinski definition) is 2. The molecule has 1 amide bonds. The SMILES string of the molecule is C[C@H](NC(=O)C[C@@H]1C[C@H]2CC[C@H]1C2)c1ccncc1. The molecular weight excluding hydrogens is 236 g/mol. The standard InChI is InChI=1S/C16H22N2O/c1-11(13-4-6-17-7-5-13)18-16(19)10-15-9-12-2-3-14(15)8-12/h4-7,11-12,14-15H,2-3,8-10H2,1H3,(H,18,19)/t11-,12-,14-,15-/m0/s1. The number of amides is 1. The van der Waals surface area contributed by atoms with Gasteiger partial charge in [0, 0.05) is 18.8 Å². The van der Waals surface area contributed by atoms with Gasteiger partial charge in [-0.25, -0.2) is 0 Å². The van der Waals surface area contributed by atoms with E-state index >= 15 is 0 Å². The molecule has 0 unspecified atom stereocenters. The van der Waals surface area contributed by atoms with Crippen molar-refractivity contribution in [1.82, 2.24) is 10.3 Å². The third-order valence-corrected chi connectivity index (χ3v) is 4.92. The van der Waals surface area contributed by atoms with Crippen molar-refractivity contribution in [2.75, 3.05) is 0 Å². The van der Waals surface area contributed by atoms with Crippen molar-refractivity contribution in [2.45, 2.75) is 45.1 Å². The van der Waals surface area contributed by atoms with Crippen molar-refractivity contribution in [2.24, 2.45) is 17.8 Å². The van der Waals surface area contributed by atoms with Crippen LogP contribution in [0, 0.1) is 17.8 Å². The van der Waals surface area contributed by atoms with E-state index in [2.05, 4.69) is 10.3 Å². The zero-order chi connectivity index (χ0) is 13.2. The van der Waals surface area contributed by atoms with Crippen molar-refractivity contribution in [1.29, 1.82) is 0 Å². The van der Waals surface area contributed by atoms with Gasteiger partial charge in [-0.1, -0.05) is 6.42 Å². The van der Waals surface area contributed by atoms with Crippen LogP contribution < -0.4 is 5.32 Å². The molecule has 2 saturated carbocycles. The Labute approximate surface area is 114 Å². The van der Waals surface area contributed by atoms with Gasteiger partial charge in [0.05, 0.1) is 6.04 Å². The fourth-order valence-corrected chi connectivity index (χ4v) is 3.90. The lowest BCUT2D eigenvalue weighted by molar-refractivity contribution is -0.123. The molecule has 1 heterocycles. The number of rotatable bonds is 4. The first kappa shape index (κ1) is 12.6. The van der Waals surface area contributed by atoms with Crippen molar-refractivity contribution >= 4 is 5.91 Å². The Balaban J connectivity index is 1.51. The van der Waals surface area contributed by atoms with Crippen LogP contribution in [0.4, 0.5) is 0 Å². The molecule has 2 aliphatic rings. The summed E-state index contributed by atoms with van der Waals surface area (Å²) in [6.07, 6.45) is 9.66. The molecule has 0 saturated heterocycles. The molecule has 2 fully saturated rings. The van der Waals surface area contributed by atoms with E-state index in [-0.39, 0.29) is 11.9 Å². The summed E-state index contributed by atoms with van der Waals surface area (Å²) in [5.74, 6) is 2.60. The highest BCUT2D eigenvalue weighted by Gasteiger charge is 2.40. The summed E-state index contributed by atoms with van der Waals surface area (Å²) >= 11 is 0. The van der Waals surface area contributed by atoms with Crippen molar-refractivity contribution in [3.8, 4) is 0 Å². The molecule has 3 nitrogen and oxygen atoms in total. The minimum absolute atomic E-state index is 0.0779. The molecule has 1 aromatic rings. The van der Waals surface area contributed by atoms with Gasteiger partial charge in [-0.15, -0.1) is 0 Å². The highest BCUT2D eigenvalue weighted by atomic mass is 16.1. The number of carbonyl (C=O) groups is 1. The molecule has 2 aliphatic carbocycles. The van der Waals surface area contributed by atoms with Crippen molar-refractivity contribution < 1.29 is 4.79 Å². The zero-order valence-electron chi connectivity index (χ0n) is 11.5. The normalized spacial score (nSPS) is 30.3. The predicted octanol–water partition coefficient (Wildman–Crippen LogP) is 3.09. The summed E-state index contributed by atoms with van der Waals surface area (Å²) < 4.78 is 0. The van der Waals surface area contributed by atoms with Gasteiger partial charge in [0.1, 0.15) is 0 Å². The second kappa shape index (κ2) is 5.32. The maximum atomic E-state index is 12.1. The average molecular weight is 258 g/mol. The Bertz CT molecular complexity index is 445. The van der Waals surface area contributed by atoms with Gasteiger partial charge in [0.15, 0.2) is 0 Å². The Morgan fingerprint density at radius 2 is 2.16 bits per heavy atom. The van der Waals surface area contributed by atoms with E-state index in [1.807, 2.05) is 19.1 Å². The van der Waals surface area contributed by atoms with Crippen LogP contribution in [-0.4, -0.2) is 10.9 Å².